The van der Waals surface area contributed by atoms with E-state index in [2.05, 4.69) is 26.1 Å². The summed E-state index contributed by atoms with van der Waals surface area (Å²) in [6.07, 6.45) is 23.3. The van der Waals surface area contributed by atoms with Gasteiger partial charge in [-0.1, -0.05) is 256 Å². The number of phosphoric ester groups is 1. The number of hydrogen-bond donors (Lipinski definition) is 6. The molecule has 0 heterocycles. The number of esters is 1. The Hall–Kier alpha value is -3.40. The zero-order valence-corrected chi connectivity index (χ0v) is 51.2. The highest BCUT2D eigenvalue weighted by Crippen LogP contribution is 2.52. The van der Waals surface area contributed by atoms with Crippen LogP contribution in [0, 0.1) is 5.92 Å². The lowest BCUT2D eigenvalue weighted by atomic mass is 9.89. The Morgan fingerprint density at radius 2 is 0.925 bits per heavy atom. The number of phosphoric acid groups is 1. The van der Waals surface area contributed by atoms with E-state index in [9.17, 15) is 35.1 Å². The van der Waals surface area contributed by atoms with Crippen LogP contribution in [0.25, 0.3) is 0 Å². The van der Waals surface area contributed by atoms with Crippen molar-refractivity contribution in [3.63, 3.8) is 0 Å². The Morgan fingerprint density at radius 1 is 0.562 bits per heavy atom. The number of Topliss-reactive ketones (excluding diaryl/α,β-unsaturated/α-hetero) is 1. The van der Waals surface area contributed by atoms with Gasteiger partial charge in [-0.15, -0.1) is 0 Å². The zero-order chi connectivity index (χ0) is 58.7. The first-order valence-corrected chi connectivity index (χ1v) is 32.9. The van der Waals surface area contributed by atoms with E-state index in [1.165, 1.54) is 132 Å². The molecule has 0 spiro atoms. The van der Waals surface area contributed by atoms with E-state index >= 15 is 9.36 Å². The van der Waals surface area contributed by atoms with Gasteiger partial charge in [0.2, 0.25) is 11.6 Å². The van der Waals surface area contributed by atoms with Crippen LogP contribution in [-0.2, 0) is 28.2 Å². The lowest BCUT2D eigenvalue weighted by Crippen LogP contribution is -2.71. The van der Waals surface area contributed by atoms with Crippen LogP contribution in [0.3, 0.4) is 0 Å². The molecule has 0 aliphatic carbocycles. The molecule has 2 unspecified atom stereocenters. The third kappa shape index (κ3) is 32.4. The topological polar surface area (TPSA) is 222 Å². The number of amides is 1. The van der Waals surface area contributed by atoms with Gasteiger partial charge in [0.05, 0.1) is 31.6 Å². The minimum Gasteiger partial charge on any atom is -0.454 e. The molecular weight excluding hydrogens is 1040 g/mol. The highest BCUT2D eigenvalue weighted by molar-refractivity contribution is 7.49. The minimum absolute atomic E-state index is 0.0118. The van der Waals surface area contributed by atoms with Crippen molar-refractivity contribution < 1.29 is 62.8 Å². The second-order valence-corrected chi connectivity index (χ2v) is 24.2. The Balaban J connectivity index is 2.64. The lowest BCUT2D eigenvalue weighted by molar-refractivity contribution is -0.225. The third-order valence-corrected chi connectivity index (χ3v) is 16.3. The predicted molar refractivity (Wildman–Crippen MR) is 320 cm³/mol. The summed E-state index contributed by atoms with van der Waals surface area (Å²) in [5, 5.41) is 61.4. The number of carbonyl (C=O) groups is 3. The summed E-state index contributed by atoms with van der Waals surface area (Å²) in [4.78, 5) is 44.8. The SMILES string of the molecule is CCCCCCCCCCCCCCC(CCCCCCCCCCCC)C(=O)O[C@@H]([C@H](OP(=O)(Oc1ccccc1)Oc1ccccc1)[C@H](O)CO)[C@](O)(NC(=O)C[C@H](O)CCCCCCCCCCC)C(O)C(=O)CN(C)C. The van der Waals surface area contributed by atoms with Crippen LogP contribution >= 0.6 is 7.82 Å². The van der Waals surface area contributed by atoms with Crippen LogP contribution in [0.4, 0.5) is 0 Å². The number of nitrogens with one attached hydrogen (secondary N) is 1. The van der Waals surface area contributed by atoms with Gasteiger partial charge in [-0.3, -0.25) is 18.9 Å². The first-order valence-electron chi connectivity index (χ1n) is 31.5. The predicted octanol–water partition coefficient (Wildman–Crippen LogP) is 13.9. The molecule has 460 valence electrons. The van der Waals surface area contributed by atoms with E-state index in [0.717, 1.165) is 77.0 Å². The summed E-state index contributed by atoms with van der Waals surface area (Å²) in [6, 6.07) is 15.6. The van der Waals surface area contributed by atoms with Gasteiger partial charge in [0.25, 0.3) is 0 Å². The number of likely N-dealkylation sites (N-methyl/N-ethyl adjacent to an activating group) is 1. The second kappa shape index (κ2) is 45.1. The number of carbonyl (C=O) groups excluding carboxylic acids is 3. The Labute approximate surface area is 483 Å². The van der Waals surface area contributed by atoms with E-state index in [1.54, 1.807) is 50.5 Å². The van der Waals surface area contributed by atoms with E-state index in [0.29, 0.717) is 32.1 Å². The molecule has 7 atom stereocenters. The van der Waals surface area contributed by atoms with Gasteiger partial charge in [-0.05, 0) is 57.6 Å². The van der Waals surface area contributed by atoms with Gasteiger partial charge in [-0.2, -0.15) is 0 Å². The molecule has 15 nitrogen and oxygen atoms in total. The number of rotatable bonds is 53. The fourth-order valence-electron chi connectivity index (χ4n) is 10.2. The first kappa shape index (κ1) is 72.7. The van der Waals surface area contributed by atoms with Crippen LogP contribution in [0.1, 0.15) is 245 Å². The first-order chi connectivity index (χ1) is 38.6. The maximum atomic E-state index is 15.2. The normalized spacial score (nSPS) is 14.9. The van der Waals surface area contributed by atoms with Crippen molar-refractivity contribution in [3.8, 4) is 11.5 Å². The van der Waals surface area contributed by atoms with Crippen molar-refractivity contribution in [2.45, 2.75) is 282 Å². The summed E-state index contributed by atoms with van der Waals surface area (Å²) < 4.78 is 39.5. The van der Waals surface area contributed by atoms with Crippen LogP contribution in [0.15, 0.2) is 60.7 Å². The van der Waals surface area contributed by atoms with Crippen molar-refractivity contribution in [3.05, 3.63) is 60.7 Å². The smallest absolute Gasteiger partial charge is 0.454 e. The Bertz CT molecular complexity index is 1850. The molecule has 0 radical (unpaired) electrons. The minimum atomic E-state index is -5.12. The molecule has 0 aliphatic rings. The summed E-state index contributed by atoms with van der Waals surface area (Å²) in [5.74, 6) is -3.77. The largest absolute Gasteiger partial charge is 0.588 e. The molecule has 0 aromatic heterocycles. The molecule has 0 saturated heterocycles. The number of para-hydroxylation sites is 2. The molecule has 16 heteroatoms. The molecule has 80 heavy (non-hydrogen) atoms. The van der Waals surface area contributed by atoms with E-state index in [4.69, 9.17) is 18.3 Å². The van der Waals surface area contributed by atoms with Crippen molar-refractivity contribution in [1.82, 2.24) is 10.2 Å². The van der Waals surface area contributed by atoms with Crippen LogP contribution < -0.4 is 14.4 Å². The van der Waals surface area contributed by atoms with Gasteiger partial charge >= 0.3 is 13.8 Å². The number of aliphatic hydroxyl groups is 5. The highest BCUT2D eigenvalue weighted by atomic mass is 31.2. The lowest BCUT2D eigenvalue weighted by Gasteiger charge is -2.43. The van der Waals surface area contributed by atoms with Crippen molar-refractivity contribution in [2.75, 3.05) is 27.2 Å². The monoisotopic (exact) mass is 1150 g/mol. The molecule has 1 amide bonds. The molecule has 2 aromatic carbocycles. The van der Waals surface area contributed by atoms with Crippen LogP contribution in [0.2, 0.25) is 0 Å². The average molecular weight is 1150 g/mol. The number of ketones is 1. The van der Waals surface area contributed by atoms with Crippen molar-refractivity contribution in [1.29, 1.82) is 0 Å². The molecular formula is C64H111N2O13P. The molecule has 2 rings (SSSR count). The fraction of sp³-hybridized carbons (Fsp3) is 0.766. The summed E-state index contributed by atoms with van der Waals surface area (Å²) in [5.41, 5.74) is -3.35. The van der Waals surface area contributed by atoms with Gasteiger partial charge in [0.15, 0.2) is 18.0 Å². The number of nitrogens with zero attached hydrogens (tertiary/aromatic N) is 1. The maximum absolute atomic E-state index is 15.2. The van der Waals surface area contributed by atoms with Crippen molar-refractivity contribution >= 4 is 25.5 Å². The maximum Gasteiger partial charge on any atom is 0.588 e. The van der Waals surface area contributed by atoms with Crippen LogP contribution in [0.5, 0.6) is 11.5 Å². The number of unbranched alkanes of at least 4 members (excludes halogenated alkanes) is 28. The highest BCUT2D eigenvalue weighted by Gasteiger charge is 2.58. The standard InChI is InChI=1S/C64H111N2O13P/c1-6-9-12-15-18-21-23-24-27-29-32-37-44-53(43-36-31-28-26-22-19-16-13-10-7-2)63(73)76-62(60(58(70)52-67)79-80(75,77-55-46-39-34-40-47-55)78-56-48-41-35-42-49-56)64(74,61(72)57(69)51-66(4)5)65-59(71)50-54(68)45-38-33-30-25-20-17-14-11-8-3/h34-35,39-42,46-49,53-54,58,60-62,67-68,70,72,74H,6-33,36-38,43-45,50-52H2,1-5H3,(H,65,71)/t53?,54-,58-,60-,61?,62+,64+/m1/s1. The number of benzene rings is 2. The zero-order valence-electron chi connectivity index (χ0n) is 50.3. The fourth-order valence-corrected chi connectivity index (χ4v) is 11.6. The quantitative estimate of drug-likeness (QED) is 0.0157. The third-order valence-electron chi connectivity index (χ3n) is 15.0. The molecule has 0 fully saturated rings. The molecule has 6 N–H and O–H groups in total. The molecule has 0 saturated carbocycles. The van der Waals surface area contributed by atoms with Gasteiger partial charge < -0.3 is 49.5 Å². The van der Waals surface area contributed by atoms with E-state index < -0.39 is 87.2 Å². The van der Waals surface area contributed by atoms with Crippen molar-refractivity contribution in [2.24, 2.45) is 5.92 Å². The van der Waals surface area contributed by atoms with E-state index in [1.807, 2.05) is 0 Å². The molecule has 0 aliphatic heterocycles. The Kier molecular flexibility index (Phi) is 41.0. The number of aliphatic hydroxyl groups excluding tert-OH is 4. The van der Waals surface area contributed by atoms with Gasteiger partial charge in [0.1, 0.15) is 23.7 Å². The summed E-state index contributed by atoms with van der Waals surface area (Å²) >= 11 is 0. The van der Waals surface area contributed by atoms with E-state index in [-0.39, 0.29) is 17.9 Å². The number of ether oxygens (including phenoxy) is 1. The Morgan fingerprint density at radius 3 is 1.29 bits per heavy atom. The van der Waals surface area contributed by atoms with Crippen LogP contribution in [-0.4, -0.2) is 112 Å². The number of hydrogen-bond acceptors (Lipinski definition) is 14. The average Bonchev–Trinajstić information content (AvgIpc) is 3.44. The molecule has 0 bridgehead atoms. The summed E-state index contributed by atoms with van der Waals surface area (Å²) in [7, 11) is -2.02. The summed E-state index contributed by atoms with van der Waals surface area (Å²) in [6.45, 7) is 4.99. The molecule has 2 aromatic rings. The second-order valence-electron chi connectivity index (χ2n) is 22.7. The van der Waals surface area contributed by atoms with Gasteiger partial charge in [-0.25, -0.2) is 4.57 Å². The van der Waals surface area contributed by atoms with Gasteiger partial charge in [0, 0.05) is 0 Å².